The minimum Gasteiger partial charge on any atom is -0.331 e. The van der Waals surface area contributed by atoms with Gasteiger partial charge in [-0.3, -0.25) is 0 Å². The largest absolute Gasteiger partial charge is 0.331 e. The zero-order chi connectivity index (χ0) is 12.6. The molecule has 0 aromatic carbocycles. The van der Waals surface area contributed by atoms with Gasteiger partial charge >= 0.3 is 0 Å². The van der Waals surface area contributed by atoms with E-state index in [4.69, 9.17) is 5.14 Å². The highest BCUT2D eigenvalue weighted by atomic mass is 32.2. The smallest absolute Gasteiger partial charge is 0.257 e. The molecule has 5 nitrogen and oxygen atoms in total. The highest BCUT2D eigenvalue weighted by Gasteiger charge is 2.23. The third kappa shape index (κ3) is 2.69. The number of hydrogen-bond donors (Lipinski definition) is 1. The molecule has 1 aliphatic carbocycles. The van der Waals surface area contributed by atoms with E-state index in [0.717, 1.165) is 24.6 Å². The Morgan fingerprint density at radius 2 is 1.94 bits per heavy atom. The number of nitrogens with two attached hydrogens (primary N) is 1. The van der Waals surface area contributed by atoms with Gasteiger partial charge < -0.3 is 4.57 Å². The average Bonchev–Trinajstić information content (AvgIpc) is 2.61. The fourth-order valence-corrected chi connectivity index (χ4v) is 3.01. The summed E-state index contributed by atoms with van der Waals surface area (Å²) in [5, 5.41) is 5.07. The molecule has 2 rings (SSSR count). The number of aromatic nitrogens is 2. The summed E-state index contributed by atoms with van der Waals surface area (Å²) in [4.78, 5) is 4.03. The van der Waals surface area contributed by atoms with Crippen LogP contribution in [0.1, 0.15) is 44.5 Å². The molecule has 1 heterocycles. The molecule has 2 N–H and O–H groups in total. The van der Waals surface area contributed by atoms with Crippen LogP contribution < -0.4 is 5.14 Å². The molecule has 6 heteroatoms. The number of rotatable bonds is 2. The molecule has 96 valence electrons. The summed E-state index contributed by atoms with van der Waals surface area (Å²) in [5.41, 5.74) is 0. The lowest BCUT2D eigenvalue weighted by molar-refractivity contribution is 0.286. The number of nitrogens with zero attached hydrogens (tertiary/aromatic N) is 2. The number of imidazole rings is 1. The highest BCUT2D eigenvalue weighted by Crippen LogP contribution is 2.32. The van der Waals surface area contributed by atoms with Crippen LogP contribution in [0.2, 0.25) is 0 Å². The minimum absolute atomic E-state index is 0.0198. The van der Waals surface area contributed by atoms with Crippen LogP contribution >= 0.6 is 0 Å². The zero-order valence-corrected chi connectivity index (χ0v) is 11.1. The standard InChI is InChI=1S/C11H19N3O2S/c1-8-3-5-10(6-4-8)14-7-11(13-9(14)2)17(12,15)16/h7-8,10H,3-6H2,1-2H3,(H2,12,15,16). The van der Waals surface area contributed by atoms with Crippen LogP contribution in [0, 0.1) is 12.8 Å². The first kappa shape index (κ1) is 12.6. The first-order valence-electron chi connectivity index (χ1n) is 5.96. The van der Waals surface area contributed by atoms with E-state index in [1.165, 1.54) is 12.8 Å². The zero-order valence-electron chi connectivity index (χ0n) is 10.3. The van der Waals surface area contributed by atoms with Crippen molar-refractivity contribution in [1.29, 1.82) is 0 Å². The molecule has 0 spiro atoms. The van der Waals surface area contributed by atoms with Gasteiger partial charge in [-0.15, -0.1) is 0 Å². The second-order valence-corrected chi connectivity index (χ2v) is 6.50. The van der Waals surface area contributed by atoms with Crippen molar-refractivity contribution in [3.8, 4) is 0 Å². The maximum Gasteiger partial charge on any atom is 0.257 e. The first-order chi connectivity index (χ1) is 7.88. The summed E-state index contributed by atoms with van der Waals surface area (Å²) in [6, 6.07) is 0.370. The Balaban J connectivity index is 2.25. The number of aryl methyl sites for hydroxylation is 1. The molecule has 1 aliphatic rings. The molecule has 1 saturated carbocycles. The van der Waals surface area contributed by atoms with Gasteiger partial charge in [0.05, 0.1) is 0 Å². The molecule has 0 unspecified atom stereocenters. The van der Waals surface area contributed by atoms with Crippen molar-refractivity contribution in [1.82, 2.24) is 9.55 Å². The predicted octanol–water partition coefficient (Wildman–Crippen LogP) is 1.59. The van der Waals surface area contributed by atoms with E-state index in [2.05, 4.69) is 11.9 Å². The molecule has 1 aromatic rings. The van der Waals surface area contributed by atoms with E-state index in [1.807, 2.05) is 11.5 Å². The van der Waals surface area contributed by atoms with E-state index in [0.29, 0.717) is 6.04 Å². The van der Waals surface area contributed by atoms with Crippen LogP contribution in [-0.4, -0.2) is 18.0 Å². The Hall–Kier alpha value is -0.880. The van der Waals surface area contributed by atoms with Crippen molar-refractivity contribution >= 4 is 10.0 Å². The summed E-state index contributed by atoms with van der Waals surface area (Å²) in [7, 11) is -3.69. The lowest BCUT2D eigenvalue weighted by atomic mass is 9.87. The topological polar surface area (TPSA) is 78.0 Å². The Morgan fingerprint density at radius 3 is 2.41 bits per heavy atom. The SMILES string of the molecule is Cc1nc(S(N)(=O)=O)cn1C1CCC(C)CC1. The van der Waals surface area contributed by atoms with Crippen molar-refractivity contribution in [2.45, 2.75) is 50.6 Å². The Kier molecular flexibility index (Phi) is 3.27. The van der Waals surface area contributed by atoms with E-state index >= 15 is 0 Å². The van der Waals surface area contributed by atoms with Gasteiger partial charge in [0, 0.05) is 12.2 Å². The van der Waals surface area contributed by atoms with Gasteiger partial charge in [-0.25, -0.2) is 18.5 Å². The van der Waals surface area contributed by atoms with Crippen LogP contribution in [0.5, 0.6) is 0 Å². The third-order valence-corrected chi connectivity index (χ3v) is 4.35. The lowest BCUT2D eigenvalue weighted by Gasteiger charge is -2.27. The molecule has 0 saturated heterocycles. The fraction of sp³-hybridized carbons (Fsp3) is 0.727. The van der Waals surface area contributed by atoms with Crippen molar-refractivity contribution in [3.63, 3.8) is 0 Å². The summed E-state index contributed by atoms with van der Waals surface area (Å²) in [6.45, 7) is 4.08. The van der Waals surface area contributed by atoms with Gasteiger partial charge in [0.1, 0.15) is 5.82 Å². The summed E-state index contributed by atoms with van der Waals surface area (Å²) in [5.74, 6) is 1.50. The summed E-state index contributed by atoms with van der Waals surface area (Å²) < 4.78 is 24.4. The molecule has 0 radical (unpaired) electrons. The van der Waals surface area contributed by atoms with Crippen LogP contribution in [0.15, 0.2) is 11.2 Å². The van der Waals surface area contributed by atoms with E-state index in [9.17, 15) is 8.42 Å². The molecule has 1 fully saturated rings. The molecule has 17 heavy (non-hydrogen) atoms. The maximum atomic E-state index is 11.2. The fourth-order valence-electron chi connectivity index (χ4n) is 2.49. The third-order valence-electron chi connectivity index (χ3n) is 3.57. The second kappa shape index (κ2) is 4.42. The molecule has 0 bridgehead atoms. The van der Waals surface area contributed by atoms with Crippen LogP contribution in [0.25, 0.3) is 0 Å². The van der Waals surface area contributed by atoms with Crippen molar-refractivity contribution in [3.05, 3.63) is 12.0 Å². The normalized spacial score (nSPS) is 26.1. The maximum absolute atomic E-state index is 11.2. The molecule has 0 atom stereocenters. The first-order valence-corrected chi connectivity index (χ1v) is 7.51. The highest BCUT2D eigenvalue weighted by molar-refractivity contribution is 7.89. The number of sulfonamides is 1. The average molecular weight is 257 g/mol. The van der Waals surface area contributed by atoms with Gasteiger partial charge in [-0.2, -0.15) is 0 Å². The van der Waals surface area contributed by atoms with Crippen molar-refractivity contribution in [2.24, 2.45) is 11.1 Å². The van der Waals surface area contributed by atoms with Crippen LogP contribution in [0.4, 0.5) is 0 Å². The van der Waals surface area contributed by atoms with E-state index in [-0.39, 0.29) is 5.03 Å². The Morgan fingerprint density at radius 1 is 1.35 bits per heavy atom. The molecule has 1 aromatic heterocycles. The molecule has 0 aliphatic heterocycles. The lowest BCUT2D eigenvalue weighted by Crippen LogP contribution is -2.17. The molecular formula is C11H19N3O2S. The van der Waals surface area contributed by atoms with Crippen molar-refractivity contribution in [2.75, 3.05) is 0 Å². The summed E-state index contributed by atoms with van der Waals surface area (Å²) in [6.07, 6.45) is 6.12. The van der Waals surface area contributed by atoms with Crippen LogP contribution in [-0.2, 0) is 10.0 Å². The second-order valence-electron chi connectivity index (χ2n) is 4.99. The molecular weight excluding hydrogens is 238 g/mol. The Labute approximate surface area is 102 Å². The van der Waals surface area contributed by atoms with Gasteiger partial charge in [0.15, 0.2) is 5.03 Å². The quantitative estimate of drug-likeness (QED) is 0.874. The monoisotopic (exact) mass is 257 g/mol. The minimum atomic E-state index is -3.69. The van der Waals surface area contributed by atoms with Gasteiger partial charge in [-0.1, -0.05) is 6.92 Å². The van der Waals surface area contributed by atoms with E-state index < -0.39 is 10.0 Å². The van der Waals surface area contributed by atoms with E-state index in [1.54, 1.807) is 6.20 Å². The van der Waals surface area contributed by atoms with Gasteiger partial charge in [0.25, 0.3) is 10.0 Å². The summed E-state index contributed by atoms with van der Waals surface area (Å²) >= 11 is 0. The number of hydrogen-bond acceptors (Lipinski definition) is 3. The van der Waals surface area contributed by atoms with Gasteiger partial charge in [0.2, 0.25) is 0 Å². The Bertz CT molecular complexity index is 499. The molecule has 0 amide bonds. The van der Waals surface area contributed by atoms with Crippen molar-refractivity contribution < 1.29 is 8.42 Å². The van der Waals surface area contributed by atoms with Gasteiger partial charge in [-0.05, 0) is 38.5 Å². The van der Waals surface area contributed by atoms with Crippen LogP contribution in [0.3, 0.4) is 0 Å². The predicted molar refractivity (Wildman–Crippen MR) is 65.0 cm³/mol. The number of primary sulfonamides is 1.